The van der Waals surface area contributed by atoms with E-state index in [-0.39, 0.29) is 0 Å². The van der Waals surface area contributed by atoms with Gasteiger partial charge in [0.05, 0.1) is 0 Å². The Morgan fingerprint density at radius 3 is 2.35 bits per heavy atom. The van der Waals surface area contributed by atoms with E-state index in [1.165, 1.54) is 15.3 Å². The fourth-order valence-electron chi connectivity index (χ4n) is 2.23. The van der Waals surface area contributed by atoms with Gasteiger partial charge in [-0.25, -0.2) is 0 Å². The van der Waals surface area contributed by atoms with Crippen molar-refractivity contribution >= 4 is 22.7 Å². The van der Waals surface area contributed by atoms with Gasteiger partial charge in [0.2, 0.25) is 0 Å². The van der Waals surface area contributed by atoms with Crippen molar-refractivity contribution in [2.75, 3.05) is 0 Å². The van der Waals surface area contributed by atoms with Crippen LogP contribution in [0.4, 0.5) is 0 Å². The average molecular weight is 299 g/mol. The topological polar surface area (TPSA) is 12.0 Å². The minimum atomic E-state index is 0.397. The van der Waals surface area contributed by atoms with Crippen molar-refractivity contribution in [1.29, 1.82) is 0 Å². The van der Waals surface area contributed by atoms with Gasteiger partial charge in [0, 0.05) is 28.8 Å². The first-order chi connectivity index (χ1) is 9.92. The zero-order chi connectivity index (χ0) is 13.6. The van der Waals surface area contributed by atoms with Crippen LogP contribution in [0.5, 0.6) is 0 Å². The van der Waals surface area contributed by atoms with Crippen molar-refractivity contribution in [2.24, 2.45) is 0 Å². The van der Waals surface area contributed by atoms with Gasteiger partial charge >= 0.3 is 0 Å². The quantitative estimate of drug-likeness (QED) is 0.684. The van der Waals surface area contributed by atoms with Gasteiger partial charge < -0.3 is 5.32 Å². The fourth-order valence-corrected chi connectivity index (χ4v) is 3.78. The van der Waals surface area contributed by atoms with Crippen LogP contribution in [-0.2, 0) is 13.0 Å². The van der Waals surface area contributed by atoms with Crippen LogP contribution in [0.3, 0.4) is 0 Å². The lowest BCUT2D eigenvalue weighted by atomic mass is 10.1. The lowest BCUT2D eigenvalue weighted by Crippen LogP contribution is -2.21. The zero-order valence-electron chi connectivity index (χ0n) is 11.2. The molecule has 1 N–H and O–H groups in total. The van der Waals surface area contributed by atoms with E-state index in [1.807, 2.05) is 22.7 Å². The Labute approximate surface area is 127 Å². The molecule has 1 aromatic carbocycles. The van der Waals surface area contributed by atoms with Crippen molar-refractivity contribution < 1.29 is 0 Å². The molecule has 2 aromatic heterocycles. The SMILES string of the molecule is c1ccc(CNC(Cc2cccs2)c2cccs2)cc1. The van der Waals surface area contributed by atoms with Gasteiger partial charge in [-0.15, -0.1) is 22.7 Å². The Morgan fingerprint density at radius 2 is 1.65 bits per heavy atom. The van der Waals surface area contributed by atoms with E-state index in [4.69, 9.17) is 0 Å². The minimum Gasteiger partial charge on any atom is -0.305 e. The third-order valence-corrected chi connectivity index (χ3v) is 5.15. The Morgan fingerprint density at radius 1 is 0.850 bits per heavy atom. The molecule has 0 aliphatic rings. The van der Waals surface area contributed by atoms with E-state index in [9.17, 15) is 0 Å². The standard InChI is InChI=1S/C17H17NS2/c1-2-6-14(7-3-1)13-18-16(17-9-5-11-20-17)12-15-8-4-10-19-15/h1-11,16,18H,12-13H2. The molecule has 20 heavy (non-hydrogen) atoms. The van der Waals surface area contributed by atoms with E-state index in [2.05, 4.69) is 70.7 Å². The Hall–Kier alpha value is -1.42. The van der Waals surface area contributed by atoms with Gasteiger partial charge in [-0.3, -0.25) is 0 Å². The van der Waals surface area contributed by atoms with Crippen LogP contribution in [0.15, 0.2) is 65.4 Å². The highest BCUT2D eigenvalue weighted by Gasteiger charge is 2.13. The van der Waals surface area contributed by atoms with Gasteiger partial charge in [-0.2, -0.15) is 0 Å². The largest absolute Gasteiger partial charge is 0.305 e. The van der Waals surface area contributed by atoms with Crippen molar-refractivity contribution in [3.8, 4) is 0 Å². The molecule has 3 rings (SSSR count). The second kappa shape index (κ2) is 6.84. The van der Waals surface area contributed by atoms with Crippen LogP contribution in [-0.4, -0.2) is 0 Å². The summed E-state index contributed by atoms with van der Waals surface area (Å²) < 4.78 is 0. The van der Waals surface area contributed by atoms with Crippen LogP contribution in [0, 0.1) is 0 Å². The monoisotopic (exact) mass is 299 g/mol. The lowest BCUT2D eigenvalue weighted by Gasteiger charge is -2.17. The Kier molecular flexibility index (Phi) is 4.64. The summed E-state index contributed by atoms with van der Waals surface area (Å²) in [6.45, 7) is 0.911. The van der Waals surface area contributed by atoms with Crippen LogP contribution in [0.25, 0.3) is 0 Å². The molecule has 3 aromatic rings. The molecule has 2 heterocycles. The van der Waals surface area contributed by atoms with Gasteiger partial charge in [0.15, 0.2) is 0 Å². The van der Waals surface area contributed by atoms with Crippen LogP contribution in [0.1, 0.15) is 21.4 Å². The molecule has 0 saturated carbocycles. The van der Waals surface area contributed by atoms with E-state index >= 15 is 0 Å². The van der Waals surface area contributed by atoms with Gasteiger partial charge in [-0.1, -0.05) is 42.5 Å². The van der Waals surface area contributed by atoms with Crippen LogP contribution in [0.2, 0.25) is 0 Å². The zero-order valence-corrected chi connectivity index (χ0v) is 12.8. The molecule has 0 spiro atoms. The van der Waals surface area contributed by atoms with Crippen molar-refractivity contribution in [3.63, 3.8) is 0 Å². The predicted molar refractivity (Wildman–Crippen MR) is 88.4 cm³/mol. The summed E-state index contributed by atoms with van der Waals surface area (Å²) in [4.78, 5) is 2.85. The summed E-state index contributed by atoms with van der Waals surface area (Å²) in [5, 5.41) is 8.00. The first kappa shape index (κ1) is 13.6. The number of hydrogen-bond acceptors (Lipinski definition) is 3. The number of nitrogens with one attached hydrogen (secondary N) is 1. The molecule has 0 radical (unpaired) electrons. The second-order valence-electron chi connectivity index (χ2n) is 4.72. The lowest BCUT2D eigenvalue weighted by molar-refractivity contribution is 0.541. The maximum Gasteiger partial charge on any atom is 0.0466 e. The van der Waals surface area contributed by atoms with E-state index < -0.39 is 0 Å². The van der Waals surface area contributed by atoms with Gasteiger partial charge in [0.1, 0.15) is 0 Å². The smallest absolute Gasteiger partial charge is 0.0466 e. The molecule has 0 aliphatic heterocycles. The van der Waals surface area contributed by atoms with E-state index in [0.717, 1.165) is 13.0 Å². The molecule has 1 unspecified atom stereocenters. The first-order valence-electron chi connectivity index (χ1n) is 6.75. The van der Waals surface area contributed by atoms with Gasteiger partial charge in [-0.05, 0) is 28.5 Å². The summed E-state index contributed by atoms with van der Waals surface area (Å²) in [6, 6.07) is 19.7. The molecular formula is C17H17NS2. The minimum absolute atomic E-state index is 0.397. The second-order valence-corrected chi connectivity index (χ2v) is 6.73. The molecule has 0 saturated heterocycles. The highest BCUT2D eigenvalue weighted by atomic mass is 32.1. The normalized spacial score (nSPS) is 12.4. The van der Waals surface area contributed by atoms with Crippen molar-refractivity contribution in [1.82, 2.24) is 5.32 Å². The third kappa shape index (κ3) is 3.57. The Balaban J connectivity index is 1.69. The summed E-state index contributed by atoms with van der Waals surface area (Å²) in [5.41, 5.74) is 1.33. The molecule has 102 valence electrons. The molecule has 3 heteroatoms. The number of rotatable bonds is 6. The summed E-state index contributed by atoms with van der Waals surface area (Å²) in [6.07, 6.45) is 1.06. The highest BCUT2D eigenvalue weighted by molar-refractivity contribution is 7.10. The summed E-state index contributed by atoms with van der Waals surface area (Å²) >= 11 is 3.66. The molecule has 1 atom stereocenters. The van der Waals surface area contributed by atoms with E-state index in [0.29, 0.717) is 6.04 Å². The number of hydrogen-bond donors (Lipinski definition) is 1. The molecule has 0 aliphatic carbocycles. The number of thiophene rings is 2. The molecule has 0 fully saturated rings. The summed E-state index contributed by atoms with van der Waals surface area (Å²) in [5.74, 6) is 0. The molecule has 0 bridgehead atoms. The van der Waals surface area contributed by atoms with Crippen molar-refractivity contribution in [3.05, 3.63) is 80.7 Å². The average Bonchev–Trinajstić information content (AvgIpc) is 3.17. The first-order valence-corrected chi connectivity index (χ1v) is 8.51. The fraction of sp³-hybridized carbons (Fsp3) is 0.176. The number of benzene rings is 1. The predicted octanol–water partition coefficient (Wildman–Crippen LogP) is 4.88. The molecule has 0 amide bonds. The van der Waals surface area contributed by atoms with Gasteiger partial charge in [0.25, 0.3) is 0 Å². The van der Waals surface area contributed by atoms with Crippen LogP contribution >= 0.6 is 22.7 Å². The molecule has 1 nitrogen and oxygen atoms in total. The van der Waals surface area contributed by atoms with Crippen LogP contribution < -0.4 is 5.32 Å². The maximum absolute atomic E-state index is 3.69. The summed E-state index contributed by atoms with van der Waals surface area (Å²) in [7, 11) is 0. The van der Waals surface area contributed by atoms with E-state index in [1.54, 1.807) is 0 Å². The highest BCUT2D eigenvalue weighted by Crippen LogP contribution is 2.25. The molecular weight excluding hydrogens is 282 g/mol. The maximum atomic E-state index is 3.69. The van der Waals surface area contributed by atoms with Crippen molar-refractivity contribution in [2.45, 2.75) is 19.0 Å². The Bertz CT molecular complexity index is 600. The third-order valence-electron chi connectivity index (χ3n) is 3.27.